The van der Waals surface area contributed by atoms with Gasteiger partial charge in [-0.2, -0.15) is 0 Å². The maximum Gasteiger partial charge on any atom is 0.407 e. The number of aliphatic carboxylic acids is 1. The third-order valence-corrected chi connectivity index (χ3v) is 6.41. The number of rotatable bonds is 6. The number of amides is 2. The number of carbonyl (C=O) groups excluding carboxylic acids is 2. The molecule has 1 aliphatic carbocycles. The zero-order valence-electron chi connectivity index (χ0n) is 18.1. The SMILES string of the molecule is CCC(NC(=O)OCC1c2ccccc2-c2ccccc21)C(=O)N1CCCCC1C(=O)O. The Balaban J connectivity index is 1.41. The lowest BCUT2D eigenvalue weighted by molar-refractivity contribution is -0.152. The Morgan fingerprint density at radius 1 is 1.06 bits per heavy atom. The molecule has 1 aliphatic heterocycles. The van der Waals surface area contributed by atoms with Crippen molar-refractivity contribution in [1.82, 2.24) is 10.2 Å². The molecule has 32 heavy (non-hydrogen) atoms. The van der Waals surface area contributed by atoms with Crippen molar-refractivity contribution < 1.29 is 24.2 Å². The Labute approximate surface area is 187 Å². The number of hydrogen-bond acceptors (Lipinski definition) is 4. The quantitative estimate of drug-likeness (QED) is 0.719. The molecular weight excluding hydrogens is 408 g/mol. The van der Waals surface area contributed by atoms with Gasteiger partial charge >= 0.3 is 12.1 Å². The highest BCUT2D eigenvalue weighted by Gasteiger charge is 2.36. The summed E-state index contributed by atoms with van der Waals surface area (Å²) in [6, 6.07) is 14.5. The van der Waals surface area contributed by atoms with Crippen LogP contribution in [0.4, 0.5) is 4.79 Å². The molecular formula is C25H28N2O5. The van der Waals surface area contributed by atoms with Crippen LogP contribution in [-0.4, -0.2) is 53.2 Å². The van der Waals surface area contributed by atoms with Gasteiger partial charge in [-0.1, -0.05) is 55.5 Å². The number of fused-ring (bicyclic) bond motifs is 3. The molecule has 2 aromatic carbocycles. The number of piperidine rings is 1. The molecule has 168 valence electrons. The van der Waals surface area contributed by atoms with Crippen LogP contribution in [0.25, 0.3) is 11.1 Å². The van der Waals surface area contributed by atoms with Gasteiger partial charge in [0.25, 0.3) is 0 Å². The van der Waals surface area contributed by atoms with E-state index < -0.39 is 24.1 Å². The summed E-state index contributed by atoms with van der Waals surface area (Å²) >= 11 is 0. The lowest BCUT2D eigenvalue weighted by Crippen LogP contribution is -2.55. The first-order valence-electron chi connectivity index (χ1n) is 11.2. The van der Waals surface area contributed by atoms with E-state index in [4.69, 9.17) is 4.74 Å². The van der Waals surface area contributed by atoms with Gasteiger partial charge in [0.05, 0.1) is 0 Å². The zero-order chi connectivity index (χ0) is 22.7. The minimum atomic E-state index is -1.01. The number of benzene rings is 2. The van der Waals surface area contributed by atoms with Crippen molar-refractivity contribution in [2.45, 2.75) is 50.6 Å². The van der Waals surface area contributed by atoms with Gasteiger partial charge in [0.15, 0.2) is 0 Å². The number of carboxylic acids is 1. The van der Waals surface area contributed by atoms with Crippen LogP contribution in [0.1, 0.15) is 49.7 Å². The van der Waals surface area contributed by atoms with Gasteiger partial charge < -0.3 is 20.1 Å². The number of nitrogens with zero attached hydrogens (tertiary/aromatic N) is 1. The van der Waals surface area contributed by atoms with Gasteiger partial charge in [-0.25, -0.2) is 9.59 Å². The third kappa shape index (κ3) is 4.20. The zero-order valence-corrected chi connectivity index (χ0v) is 18.1. The summed E-state index contributed by atoms with van der Waals surface area (Å²) in [5.41, 5.74) is 4.51. The molecule has 0 aromatic heterocycles. The molecule has 7 nitrogen and oxygen atoms in total. The molecule has 0 radical (unpaired) electrons. The van der Waals surface area contributed by atoms with Crippen molar-refractivity contribution >= 4 is 18.0 Å². The van der Waals surface area contributed by atoms with Crippen LogP contribution in [0.5, 0.6) is 0 Å². The summed E-state index contributed by atoms with van der Waals surface area (Å²) in [5.74, 6) is -1.44. The fourth-order valence-electron chi connectivity index (χ4n) is 4.77. The van der Waals surface area contributed by atoms with Crippen molar-refractivity contribution in [3.8, 4) is 11.1 Å². The van der Waals surface area contributed by atoms with Crippen molar-refractivity contribution in [3.63, 3.8) is 0 Å². The Morgan fingerprint density at radius 2 is 1.69 bits per heavy atom. The van der Waals surface area contributed by atoms with Crippen LogP contribution >= 0.6 is 0 Å². The van der Waals surface area contributed by atoms with Crippen LogP contribution in [0, 0.1) is 0 Å². The van der Waals surface area contributed by atoms with Crippen LogP contribution in [0.3, 0.4) is 0 Å². The number of nitrogens with one attached hydrogen (secondary N) is 1. The predicted octanol–water partition coefficient (Wildman–Crippen LogP) is 3.77. The van der Waals surface area contributed by atoms with Gasteiger partial charge in [-0.15, -0.1) is 0 Å². The van der Waals surface area contributed by atoms with Gasteiger partial charge in [0, 0.05) is 12.5 Å². The number of carboxylic acid groups (broad SMARTS) is 1. The second-order valence-electron chi connectivity index (χ2n) is 8.31. The lowest BCUT2D eigenvalue weighted by Gasteiger charge is -2.35. The van der Waals surface area contributed by atoms with E-state index in [1.807, 2.05) is 36.4 Å². The molecule has 2 atom stereocenters. The first-order valence-corrected chi connectivity index (χ1v) is 11.2. The summed E-state index contributed by atoms with van der Waals surface area (Å²) in [7, 11) is 0. The standard InChI is InChI=1S/C25H28N2O5/c1-2-21(23(28)27-14-8-7-13-22(27)24(29)30)26-25(31)32-15-20-18-11-5-3-9-16(18)17-10-4-6-12-19(17)20/h3-6,9-12,20-22H,2,7-8,13-15H2,1H3,(H,26,31)(H,29,30). The fraction of sp³-hybridized carbons (Fsp3) is 0.400. The summed E-state index contributed by atoms with van der Waals surface area (Å²) in [6.07, 6.45) is 1.65. The first-order chi connectivity index (χ1) is 15.5. The number of hydrogen-bond donors (Lipinski definition) is 2. The van der Waals surface area contributed by atoms with E-state index in [9.17, 15) is 19.5 Å². The van der Waals surface area contributed by atoms with E-state index in [0.717, 1.165) is 35.1 Å². The van der Waals surface area contributed by atoms with Gasteiger partial charge in [-0.3, -0.25) is 4.79 Å². The van der Waals surface area contributed by atoms with E-state index in [0.29, 0.717) is 19.4 Å². The molecule has 2 N–H and O–H groups in total. The lowest BCUT2D eigenvalue weighted by atomic mass is 9.98. The van der Waals surface area contributed by atoms with Crippen LogP contribution in [0.2, 0.25) is 0 Å². The highest BCUT2D eigenvalue weighted by atomic mass is 16.5. The number of likely N-dealkylation sites (tertiary alicyclic amines) is 1. The largest absolute Gasteiger partial charge is 0.480 e. The molecule has 1 heterocycles. The molecule has 2 aliphatic rings. The topological polar surface area (TPSA) is 95.9 Å². The molecule has 0 spiro atoms. The van der Waals surface area contributed by atoms with Crippen molar-refractivity contribution in [2.24, 2.45) is 0 Å². The Kier molecular flexibility index (Phi) is 6.44. The molecule has 2 unspecified atom stereocenters. The highest BCUT2D eigenvalue weighted by molar-refractivity contribution is 5.89. The minimum Gasteiger partial charge on any atom is -0.480 e. The fourth-order valence-corrected chi connectivity index (χ4v) is 4.77. The third-order valence-electron chi connectivity index (χ3n) is 6.41. The molecule has 7 heteroatoms. The molecule has 0 saturated carbocycles. The van der Waals surface area contributed by atoms with Crippen LogP contribution < -0.4 is 5.32 Å². The average Bonchev–Trinajstić information content (AvgIpc) is 3.14. The monoisotopic (exact) mass is 436 g/mol. The summed E-state index contributed by atoms with van der Waals surface area (Å²) in [4.78, 5) is 38.5. The van der Waals surface area contributed by atoms with E-state index in [2.05, 4.69) is 17.4 Å². The average molecular weight is 437 g/mol. The van der Waals surface area contributed by atoms with E-state index in [1.54, 1.807) is 6.92 Å². The number of ether oxygens (including phenoxy) is 1. The van der Waals surface area contributed by atoms with Crippen molar-refractivity contribution in [2.75, 3.05) is 13.2 Å². The van der Waals surface area contributed by atoms with Gasteiger partial charge in [0.1, 0.15) is 18.7 Å². The summed E-state index contributed by atoms with van der Waals surface area (Å²) < 4.78 is 5.55. The molecule has 2 aromatic rings. The summed E-state index contributed by atoms with van der Waals surface area (Å²) in [5, 5.41) is 12.1. The van der Waals surface area contributed by atoms with E-state index in [1.165, 1.54) is 4.90 Å². The Bertz CT molecular complexity index is 975. The molecule has 4 rings (SSSR count). The molecule has 1 fully saturated rings. The molecule has 1 saturated heterocycles. The number of alkyl carbamates (subject to hydrolysis) is 1. The maximum absolute atomic E-state index is 13.0. The highest BCUT2D eigenvalue weighted by Crippen LogP contribution is 2.44. The maximum atomic E-state index is 13.0. The minimum absolute atomic E-state index is 0.0672. The van der Waals surface area contributed by atoms with Crippen LogP contribution in [-0.2, 0) is 14.3 Å². The summed E-state index contributed by atoms with van der Waals surface area (Å²) in [6.45, 7) is 2.33. The van der Waals surface area contributed by atoms with Crippen LogP contribution in [0.15, 0.2) is 48.5 Å². The van der Waals surface area contributed by atoms with E-state index in [-0.39, 0.29) is 18.4 Å². The molecule has 2 amide bonds. The van der Waals surface area contributed by atoms with E-state index >= 15 is 0 Å². The predicted molar refractivity (Wildman–Crippen MR) is 119 cm³/mol. The second kappa shape index (κ2) is 9.42. The van der Waals surface area contributed by atoms with Gasteiger partial charge in [0.2, 0.25) is 5.91 Å². The number of carbonyl (C=O) groups is 3. The normalized spacial score (nSPS) is 18.4. The Morgan fingerprint density at radius 3 is 2.28 bits per heavy atom. The van der Waals surface area contributed by atoms with Gasteiger partial charge in [-0.05, 0) is 47.9 Å². The Hall–Kier alpha value is -3.35. The molecule has 0 bridgehead atoms. The van der Waals surface area contributed by atoms with Crippen molar-refractivity contribution in [1.29, 1.82) is 0 Å². The van der Waals surface area contributed by atoms with Crippen molar-refractivity contribution in [3.05, 3.63) is 59.7 Å². The first kappa shape index (κ1) is 21.9. The second-order valence-corrected chi connectivity index (χ2v) is 8.31. The smallest absolute Gasteiger partial charge is 0.407 e.